The molecule has 2 unspecified atom stereocenters. The third-order valence-corrected chi connectivity index (χ3v) is 5.82. The Balaban J connectivity index is 1.39. The van der Waals surface area contributed by atoms with Gasteiger partial charge in [0.25, 0.3) is 0 Å². The van der Waals surface area contributed by atoms with Gasteiger partial charge in [0.05, 0.1) is 12.2 Å². The molecule has 0 saturated carbocycles. The molecule has 1 aromatic heterocycles. The summed E-state index contributed by atoms with van der Waals surface area (Å²) < 4.78 is 14.6. The van der Waals surface area contributed by atoms with Crippen LogP contribution in [0.2, 0.25) is 0 Å². The number of piperazine rings is 1. The largest absolute Gasteiger partial charge is 0.351 e. The Hall–Kier alpha value is -2.54. The number of aryl methyl sites for hydroxylation is 3. The molecule has 1 amide bonds. The molecule has 3 aliphatic rings. The molecule has 5 rings (SSSR count). The number of carbonyl (C=O) groups excluding carboxylic acids is 1. The molecule has 4 heterocycles. The molecule has 0 radical (unpaired) electrons. The van der Waals surface area contributed by atoms with Crippen LogP contribution in [0.3, 0.4) is 0 Å². The minimum Gasteiger partial charge on any atom is -0.351 e. The van der Waals surface area contributed by atoms with Crippen LogP contribution in [0.1, 0.15) is 30.2 Å². The van der Waals surface area contributed by atoms with Crippen molar-refractivity contribution in [2.75, 3.05) is 29.9 Å². The van der Waals surface area contributed by atoms with Crippen molar-refractivity contribution in [3.05, 3.63) is 47.2 Å². The zero-order chi connectivity index (χ0) is 19.8. The monoisotopic (exact) mass is 383 g/mol. The van der Waals surface area contributed by atoms with Gasteiger partial charge in [-0.3, -0.25) is 9.69 Å². The summed E-state index contributed by atoms with van der Waals surface area (Å²) in [6.07, 6.45) is 3.03. The summed E-state index contributed by atoms with van der Waals surface area (Å²) in [6.45, 7) is 7.63. The van der Waals surface area contributed by atoms with E-state index in [4.69, 9.17) is 0 Å². The lowest BCUT2D eigenvalue weighted by Gasteiger charge is -2.56. The van der Waals surface area contributed by atoms with E-state index in [0.717, 1.165) is 23.2 Å². The van der Waals surface area contributed by atoms with E-state index in [-0.39, 0.29) is 23.8 Å². The van der Waals surface area contributed by atoms with Crippen molar-refractivity contribution < 1.29 is 9.18 Å². The summed E-state index contributed by atoms with van der Waals surface area (Å²) >= 11 is 0. The molecule has 28 heavy (non-hydrogen) atoms. The molecule has 148 valence electrons. The molecule has 0 spiro atoms. The fraction of sp³-hybridized carbons (Fsp3) is 0.476. The normalized spacial score (nSPS) is 21.4. The van der Waals surface area contributed by atoms with Gasteiger partial charge < -0.3 is 10.2 Å². The number of fused-ring (bicyclic) bond motifs is 2. The number of aromatic nitrogens is 2. The standard InChI is InChI=1S/C21H26FN5O/c1-4-17-20(22)21(24-12-23-17)26-9-15-8-16(10-26)27(15)11-19(28)25-18-7-13(2)5-6-14(18)3/h5-7,12,15-16H,4,8-11H2,1-3H3,(H,25,28). The van der Waals surface area contributed by atoms with E-state index in [1.54, 1.807) is 0 Å². The van der Waals surface area contributed by atoms with Crippen LogP contribution in [0, 0.1) is 19.7 Å². The van der Waals surface area contributed by atoms with Crippen molar-refractivity contribution >= 4 is 17.4 Å². The summed E-state index contributed by atoms with van der Waals surface area (Å²) in [4.78, 5) is 24.9. The first-order valence-corrected chi connectivity index (χ1v) is 9.83. The molecule has 7 heteroatoms. The number of anilines is 2. The molecular weight excluding hydrogens is 357 g/mol. The Bertz CT molecular complexity index is 890. The number of nitrogens with zero attached hydrogens (tertiary/aromatic N) is 4. The maximum absolute atomic E-state index is 14.6. The number of halogens is 1. The van der Waals surface area contributed by atoms with Crippen LogP contribution < -0.4 is 10.2 Å². The first-order chi connectivity index (χ1) is 13.5. The summed E-state index contributed by atoms with van der Waals surface area (Å²) in [5.74, 6) is 0.0740. The number of rotatable bonds is 5. The quantitative estimate of drug-likeness (QED) is 0.860. The van der Waals surface area contributed by atoms with Crippen molar-refractivity contribution in [1.29, 1.82) is 0 Å². The maximum Gasteiger partial charge on any atom is 0.238 e. The highest BCUT2D eigenvalue weighted by atomic mass is 19.1. The second-order valence-corrected chi connectivity index (χ2v) is 7.80. The van der Waals surface area contributed by atoms with Crippen molar-refractivity contribution in [2.45, 2.75) is 45.7 Å². The highest BCUT2D eigenvalue weighted by molar-refractivity contribution is 5.93. The van der Waals surface area contributed by atoms with Gasteiger partial charge in [-0.05, 0) is 43.9 Å². The fourth-order valence-corrected chi connectivity index (χ4v) is 4.21. The minimum absolute atomic E-state index is 0.00154. The van der Waals surface area contributed by atoms with Crippen LogP contribution in [0.5, 0.6) is 0 Å². The van der Waals surface area contributed by atoms with Crippen LogP contribution >= 0.6 is 0 Å². The van der Waals surface area contributed by atoms with Crippen molar-refractivity contribution in [1.82, 2.24) is 14.9 Å². The lowest BCUT2D eigenvalue weighted by Crippen LogP contribution is -2.70. The van der Waals surface area contributed by atoms with Crippen LogP contribution in [0.25, 0.3) is 0 Å². The number of hydrogen-bond acceptors (Lipinski definition) is 5. The van der Waals surface area contributed by atoms with Gasteiger partial charge in [-0.2, -0.15) is 0 Å². The maximum atomic E-state index is 14.6. The molecule has 3 aliphatic heterocycles. The Kier molecular flexibility index (Phi) is 5.02. The lowest BCUT2D eigenvalue weighted by molar-refractivity contribution is -0.121. The van der Waals surface area contributed by atoms with E-state index in [0.29, 0.717) is 37.6 Å². The van der Waals surface area contributed by atoms with Gasteiger partial charge in [0.15, 0.2) is 11.6 Å². The molecule has 6 nitrogen and oxygen atoms in total. The highest BCUT2D eigenvalue weighted by Crippen LogP contribution is 2.34. The minimum atomic E-state index is -0.314. The van der Waals surface area contributed by atoms with Crippen molar-refractivity contribution in [3.63, 3.8) is 0 Å². The Morgan fingerprint density at radius 2 is 2.00 bits per heavy atom. The second-order valence-electron chi connectivity index (χ2n) is 7.80. The number of amides is 1. The number of carbonyl (C=O) groups is 1. The van der Waals surface area contributed by atoms with E-state index < -0.39 is 0 Å². The summed E-state index contributed by atoms with van der Waals surface area (Å²) in [7, 11) is 0. The molecule has 3 fully saturated rings. The zero-order valence-electron chi connectivity index (χ0n) is 16.6. The van der Waals surface area contributed by atoms with Gasteiger partial charge in [-0.25, -0.2) is 14.4 Å². The Labute approximate surface area is 164 Å². The third-order valence-electron chi connectivity index (χ3n) is 5.82. The van der Waals surface area contributed by atoms with Gasteiger partial charge in [0, 0.05) is 30.9 Å². The predicted octanol–water partition coefficient (Wildman–Crippen LogP) is 2.70. The average Bonchev–Trinajstić information content (AvgIpc) is 2.69. The van der Waals surface area contributed by atoms with E-state index in [2.05, 4.69) is 20.2 Å². The van der Waals surface area contributed by atoms with E-state index in [9.17, 15) is 9.18 Å². The lowest BCUT2D eigenvalue weighted by atomic mass is 9.87. The summed E-state index contributed by atoms with van der Waals surface area (Å²) in [6, 6.07) is 6.55. The summed E-state index contributed by atoms with van der Waals surface area (Å²) in [5.41, 5.74) is 3.50. The van der Waals surface area contributed by atoms with E-state index >= 15 is 0 Å². The smallest absolute Gasteiger partial charge is 0.238 e. The van der Waals surface area contributed by atoms with Gasteiger partial charge in [0.2, 0.25) is 5.91 Å². The topological polar surface area (TPSA) is 61.4 Å². The number of nitrogens with one attached hydrogen (secondary N) is 1. The average molecular weight is 383 g/mol. The first kappa shape index (κ1) is 18.8. The van der Waals surface area contributed by atoms with Gasteiger partial charge in [0.1, 0.15) is 6.33 Å². The van der Waals surface area contributed by atoms with Crippen molar-refractivity contribution in [3.8, 4) is 0 Å². The first-order valence-electron chi connectivity index (χ1n) is 9.83. The number of hydrogen-bond donors (Lipinski definition) is 1. The van der Waals surface area contributed by atoms with Gasteiger partial charge in [-0.1, -0.05) is 19.1 Å². The molecule has 1 aromatic carbocycles. The Morgan fingerprint density at radius 1 is 1.25 bits per heavy atom. The predicted molar refractivity (Wildman–Crippen MR) is 107 cm³/mol. The van der Waals surface area contributed by atoms with Crippen LogP contribution in [0.15, 0.2) is 24.5 Å². The van der Waals surface area contributed by atoms with Crippen LogP contribution in [0.4, 0.5) is 15.9 Å². The van der Waals surface area contributed by atoms with Crippen LogP contribution in [-0.2, 0) is 11.2 Å². The van der Waals surface area contributed by atoms with Crippen molar-refractivity contribution in [2.24, 2.45) is 0 Å². The molecule has 2 bridgehead atoms. The SMILES string of the molecule is CCc1ncnc(N2CC3CC(C2)N3CC(=O)Nc2cc(C)ccc2C)c1F. The third kappa shape index (κ3) is 3.46. The second kappa shape index (κ2) is 7.47. The van der Waals surface area contributed by atoms with Gasteiger partial charge >= 0.3 is 0 Å². The molecule has 2 atom stereocenters. The molecule has 2 aromatic rings. The molecule has 0 aliphatic carbocycles. The van der Waals surface area contributed by atoms with Gasteiger partial charge in [-0.15, -0.1) is 0 Å². The summed E-state index contributed by atoms with van der Waals surface area (Å²) in [5, 5.41) is 3.03. The fourth-order valence-electron chi connectivity index (χ4n) is 4.21. The van der Waals surface area contributed by atoms with E-state index in [1.807, 2.05) is 43.9 Å². The van der Waals surface area contributed by atoms with Crippen LogP contribution in [-0.4, -0.2) is 52.5 Å². The molecule has 3 saturated heterocycles. The molecular formula is C21H26FN5O. The Morgan fingerprint density at radius 3 is 2.71 bits per heavy atom. The zero-order valence-corrected chi connectivity index (χ0v) is 16.6. The highest BCUT2D eigenvalue weighted by Gasteiger charge is 2.46. The number of benzene rings is 1. The van der Waals surface area contributed by atoms with E-state index in [1.165, 1.54) is 6.33 Å². The number of piperidine rings is 1. The molecule has 1 N–H and O–H groups in total.